The first-order valence-corrected chi connectivity index (χ1v) is 5.42. The lowest BCUT2D eigenvalue weighted by atomic mass is 10.1. The van der Waals surface area contributed by atoms with Crippen LogP contribution in [0.4, 0.5) is 0 Å². The molecule has 3 nitrogen and oxygen atoms in total. The van der Waals surface area contributed by atoms with Crippen molar-refractivity contribution in [2.75, 3.05) is 0 Å². The summed E-state index contributed by atoms with van der Waals surface area (Å²) in [5.74, 6) is 0.809. The van der Waals surface area contributed by atoms with Crippen LogP contribution in [0.2, 0.25) is 0 Å². The van der Waals surface area contributed by atoms with Gasteiger partial charge in [-0.3, -0.25) is 5.41 Å². The minimum Gasteiger partial charge on any atom is -0.488 e. The zero-order valence-corrected chi connectivity index (χ0v) is 10.7. The Bertz CT molecular complexity index is 383. The highest BCUT2D eigenvalue weighted by Gasteiger charge is 2.13. The molecule has 0 fully saturated rings. The van der Waals surface area contributed by atoms with Gasteiger partial charge in [0.1, 0.15) is 17.2 Å². The standard InChI is InChI=1S/C11H15BrN2O/c1-11(2,3)15-7-4-5-8(10(13)14)9(12)6-7/h4-6H,1-3H3,(H3,13,14). The minimum atomic E-state index is -0.225. The fourth-order valence-corrected chi connectivity index (χ4v) is 1.70. The van der Waals surface area contributed by atoms with Crippen LogP contribution in [0.3, 0.4) is 0 Å². The topological polar surface area (TPSA) is 59.1 Å². The third kappa shape index (κ3) is 3.55. The van der Waals surface area contributed by atoms with E-state index in [0.717, 1.165) is 10.2 Å². The van der Waals surface area contributed by atoms with Crippen LogP contribution in [-0.4, -0.2) is 11.4 Å². The molecule has 0 spiro atoms. The van der Waals surface area contributed by atoms with Crippen molar-refractivity contribution in [1.29, 1.82) is 5.41 Å². The second-order valence-electron chi connectivity index (χ2n) is 4.27. The summed E-state index contributed by atoms with van der Waals surface area (Å²) in [5, 5.41) is 7.33. The second-order valence-corrected chi connectivity index (χ2v) is 5.12. The number of amidine groups is 1. The van der Waals surface area contributed by atoms with Gasteiger partial charge in [-0.05, 0) is 54.9 Å². The number of hydrogen-bond donors (Lipinski definition) is 2. The lowest BCUT2D eigenvalue weighted by Crippen LogP contribution is -2.23. The van der Waals surface area contributed by atoms with E-state index in [-0.39, 0.29) is 11.4 Å². The van der Waals surface area contributed by atoms with Gasteiger partial charge in [-0.1, -0.05) is 0 Å². The Morgan fingerprint density at radius 3 is 2.40 bits per heavy atom. The maximum atomic E-state index is 7.33. The van der Waals surface area contributed by atoms with Crippen molar-refractivity contribution >= 4 is 21.8 Å². The lowest BCUT2D eigenvalue weighted by Gasteiger charge is -2.21. The lowest BCUT2D eigenvalue weighted by molar-refractivity contribution is 0.131. The Hall–Kier alpha value is -1.03. The first kappa shape index (κ1) is 12.0. The molecule has 0 aliphatic rings. The Labute approximate surface area is 98.3 Å². The summed E-state index contributed by atoms with van der Waals surface area (Å²) in [5.41, 5.74) is 5.86. The van der Waals surface area contributed by atoms with Crippen molar-refractivity contribution in [1.82, 2.24) is 0 Å². The van der Waals surface area contributed by atoms with Gasteiger partial charge in [0.25, 0.3) is 0 Å². The molecular weight excluding hydrogens is 256 g/mol. The number of nitrogens with one attached hydrogen (secondary N) is 1. The monoisotopic (exact) mass is 270 g/mol. The normalized spacial score (nSPS) is 11.2. The molecule has 0 heterocycles. The van der Waals surface area contributed by atoms with Crippen molar-refractivity contribution in [2.24, 2.45) is 5.73 Å². The van der Waals surface area contributed by atoms with Crippen molar-refractivity contribution in [3.05, 3.63) is 28.2 Å². The Morgan fingerprint density at radius 1 is 1.40 bits per heavy atom. The SMILES string of the molecule is CC(C)(C)Oc1ccc(C(=N)N)c(Br)c1. The Morgan fingerprint density at radius 2 is 2.00 bits per heavy atom. The van der Waals surface area contributed by atoms with Crippen LogP contribution in [0.1, 0.15) is 26.3 Å². The number of nitrogens with two attached hydrogens (primary N) is 1. The maximum Gasteiger partial charge on any atom is 0.123 e. The summed E-state index contributed by atoms with van der Waals surface area (Å²) in [6.45, 7) is 5.96. The van der Waals surface area contributed by atoms with Crippen molar-refractivity contribution in [2.45, 2.75) is 26.4 Å². The molecule has 0 aliphatic heterocycles. The summed E-state index contributed by atoms with van der Waals surface area (Å²) < 4.78 is 6.45. The van der Waals surface area contributed by atoms with Gasteiger partial charge in [0, 0.05) is 10.0 Å². The van der Waals surface area contributed by atoms with E-state index in [1.54, 1.807) is 6.07 Å². The number of halogens is 1. The van der Waals surface area contributed by atoms with Crippen molar-refractivity contribution in [3.63, 3.8) is 0 Å². The molecule has 0 aromatic heterocycles. The van der Waals surface area contributed by atoms with E-state index in [4.69, 9.17) is 15.9 Å². The number of nitrogen functional groups attached to an aromatic ring is 1. The fraction of sp³-hybridized carbons (Fsp3) is 0.364. The molecule has 0 unspecified atom stereocenters. The average Bonchev–Trinajstić information content (AvgIpc) is 1.99. The van der Waals surface area contributed by atoms with E-state index >= 15 is 0 Å². The molecule has 0 atom stereocenters. The highest BCUT2D eigenvalue weighted by molar-refractivity contribution is 9.10. The van der Waals surface area contributed by atoms with Crippen LogP contribution in [-0.2, 0) is 0 Å². The summed E-state index contributed by atoms with van der Waals surface area (Å²) >= 11 is 3.35. The molecule has 0 saturated carbocycles. The average molecular weight is 271 g/mol. The fourth-order valence-electron chi connectivity index (χ4n) is 1.13. The first-order chi connectivity index (χ1) is 6.79. The summed E-state index contributed by atoms with van der Waals surface area (Å²) in [6, 6.07) is 5.40. The first-order valence-electron chi connectivity index (χ1n) is 4.62. The zero-order valence-electron chi connectivity index (χ0n) is 9.10. The second kappa shape index (κ2) is 4.23. The third-order valence-corrected chi connectivity index (χ3v) is 2.31. The van der Waals surface area contributed by atoms with Crippen LogP contribution in [0, 0.1) is 5.41 Å². The largest absolute Gasteiger partial charge is 0.488 e. The molecule has 0 saturated heterocycles. The van der Waals surface area contributed by atoms with Gasteiger partial charge in [-0.15, -0.1) is 0 Å². The molecule has 0 radical (unpaired) electrons. The quantitative estimate of drug-likeness (QED) is 0.641. The molecular formula is C11H15BrN2O. The van der Waals surface area contributed by atoms with Gasteiger partial charge in [0.2, 0.25) is 0 Å². The molecule has 1 aromatic carbocycles. The number of rotatable bonds is 2. The van der Waals surface area contributed by atoms with Crippen molar-refractivity contribution in [3.8, 4) is 5.75 Å². The van der Waals surface area contributed by atoms with Crippen LogP contribution in [0.15, 0.2) is 22.7 Å². The Balaban J connectivity index is 2.97. The maximum absolute atomic E-state index is 7.33. The van der Waals surface area contributed by atoms with Crippen LogP contribution >= 0.6 is 15.9 Å². The van der Waals surface area contributed by atoms with Gasteiger partial charge in [-0.2, -0.15) is 0 Å². The smallest absolute Gasteiger partial charge is 0.123 e. The molecule has 15 heavy (non-hydrogen) atoms. The molecule has 0 bridgehead atoms. The summed E-state index contributed by atoms with van der Waals surface area (Å²) in [4.78, 5) is 0. The van der Waals surface area contributed by atoms with Crippen LogP contribution < -0.4 is 10.5 Å². The molecule has 4 heteroatoms. The van der Waals surface area contributed by atoms with Gasteiger partial charge in [0.15, 0.2) is 0 Å². The van der Waals surface area contributed by atoms with Crippen molar-refractivity contribution < 1.29 is 4.74 Å². The Kier molecular flexibility index (Phi) is 3.39. The molecule has 0 amide bonds. The van der Waals surface area contributed by atoms with E-state index in [9.17, 15) is 0 Å². The molecule has 0 aliphatic carbocycles. The molecule has 1 aromatic rings. The molecule has 82 valence electrons. The molecule has 1 rings (SSSR count). The highest BCUT2D eigenvalue weighted by Crippen LogP contribution is 2.25. The van der Waals surface area contributed by atoms with Gasteiger partial charge >= 0.3 is 0 Å². The number of hydrogen-bond acceptors (Lipinski definition) is 2. The minimum absolute atomic E-state index is 0.0455. The molecule has 3 N–H and O–H groups in total. The van der Waals surface area contributed by atoms with E-state index in [1.165, 1.54) is 0 Å². The predicted octanol–water partition coefficient (Wildman–Crippen LogP) is 2.91. The number of ether oxygens (including phenoxy) is 1. The highest BCUT2D eigenvalue weighted by atomic mass is 79.9. The van der Waals surface area contributed by atoms with Gasteiger partial charge < -0.3 is 10.5 Å². The van der Waals surface area contributed by atoms with E-state index in [2.05, 4.69) is 15.9 Å². The van der Waals surface area contributed by atoms with E-state index in [0.29, 0.717) is 5.56 Å². The van der Waals surface area contributed by atoms with E-state index < -0.39 is 0 Å². The zero-order chi connectivity index (χ0) is 11.6. The summed E-state index contributed by atoms with van der Waals surface area (Å²) in [6.07, 6.45) is 0. The third-order valence-electron chi connectivity index (χ3n) is 1.65. The van der Waals surface area contributed by atoms with Gasteiger partial charge in [0.05, 0.1) is 0 Å². The van der Waals surface area contributed by atoms with Crippen LogP contribution in [0.5, 0.6) is 5.75 Å². The summed E-state index contributed by atoms with van der Waals surface area (Å²) in [7, 11) is 0. The number of benzene rings is 1. The van der Waals surface area contributed by atoms with Crippen LogP contribution in [0.25, 0.3) is 0 Å². The van der Waals surface area contributed by atoms with Gasteiger partial charge in [-0.25, -0.2) is 0 Å². The van der Waals surface area contributed by atoms with E-state index in [1.807, 2.05) is 32.9 Å². The predicted molar refractivity (Wildman–Crippen MR) is 65.5 cm³/mol.